The molecule has 19 heavy (non-hydrogen) atoms. The van der Waals surface area contributed by atoms with Crippen molar-refractivity contribution in [2.75, 3.05) is 20.3 Å². The third-order valence-corrected chi connectivity index (χ3v) is 5.82. The third kappa shape index (κ3) is 3.46. The quantitative estimate of drug-likeness (QED) is 0.743. The van der Waals surface area contributed by atoms with Gasteiger partial charge in [0.15, 0.2) is 0 Å². The van der Waals surface area contributed by atoms with Crippen LogP contribution in [0.4, 0.5) is 0 Å². The van der Waals surface area contributed by atoms with Gasteiger partial charge < -0.3 is 9.47 Å². The molecule has 1 heterocycles. The van der Waals surface area contributed by atoms with Gasteiger partial charge in [-0.3, -0.25) is 4.79 Å². The molecule has 110 valence electrons. The Labute approximate surface area is 113 Å². The van der Waals surface area contributed by atoms with Crippen molar-refractivity contribution in [1.29, 1.82) is 0 Å². The topological polar surface area (TPSA) is 81.7 Å². The predicted octanol–water partition coefficient (Wildman–Crippen LogP) is 0.427. The second-order valence-electron chi connectivity index (χ2n) is 5.13. The number of carbonyl (C=O) groups excluding carboxylic acids is 1. The van der Waals surface area contributed by atoms with Crippen LogP contribution in [-0.2, 0) is 24.3 Å². The molecule has 0 bridgehead atoms. The van der Waals surface area contributed by atoms with E-state index in [1.165, 1.54) is 7.11 Å². The molecule has 2 fully saturated rings. The molecule has 1 aliphatic carbocycles. The first-order chi connectivity index (χ1) is 9.04. The molecule has 0 aromatic carbocycles. The summed E-state index contributed by atoms with van der Waals surface area (Å²) in [7, 11) is -2.19. The second-order valence-corrected chi connectivity index (χ2v) is 7.11. The minimum absolute atomic E-state index is 0.0345. The lowest BCUT2D eigenvalue weighted by Crippen LogP contribution is -2.42. The summed E-state index contributed by atoms with van der Waals surface area (Å²) in [6, 6.07) is 0. The summed E-state index contributed by atoms with van der Waals surface area (Å²) in [5.41, 5.74) is 0. The largest absolute Gasteiger partial charge is 0.469 e. The van der Waals surface area contributed by atoms with E-state index in [0.717, 1.165) is 19.3 Å². The molecular formula is C12H21NO5S. The Kier molecular flexibility index (Phi) is 4.81. The first-order valence-corrected chi connectivity index (χ1v) is 8.27. The average Bonchev–Trinajstić information content (AvgIpc) is 3.06. The second kappa shape index (κ2) is 6.19. The molecule has 7 heteroatoms. The van der Waals surface area contributed by atoms with Gasteiger partial charge >= 0.3 is 5.97 Å². The molecule has 2 aliphatic rings. The molecule has 0 aromatic rings. The zero-order valence-corrected chi connectivity index (χ0v) is 11.9. The zero-order valence-electron chi connectivity index (χ0n) is 11.1. The molecule has 1 aliphatic heterocycles. The van der Waals surface area contributed by atoms with E-state index in [-0.39, 0.29) is 6.10 Å². The van der Waals surface area contributed by atoms with Gasteiger partial charge in [-0.2, -0.15) is 0 Å². The van der Waals surface area contributed by atoms with E-state index >= 15 is 0 Å². The number of rotatable bonds is 5. The highest BCUT2D eigenvalue weighted by atomic mass is 32.2. The monoisotopic (exact) mass is 291 g/mol. The summed E-state index contributed by atoms with van der Waals surface area (Å²) in [5.74, 6) is -0.961. The van der Waals surface area contributed by atoms with Crippen molar-refractivity contribution in [3.05, 3.63) is 0 Å². The average molecular weight is 291 g/mol. The molecule has 3 atom stereocenters. The minimum atomic E-state index is -3.48. The van der Waals surface area contributed by atoms with Crippen molar-refractivity contribution in [2.45, 2.75) is 43.5 Å². The van der Waals surface area contributed by atoms with E-state index in [9.17, 15) is 13.2 Å². The van der Waals surface area contributed by atoms with Crippen molar-refractivity contribution < 1.29 is 22.7 Å². The highest BCUT2D eigenvalue weighted by Crippen LogP contribution is 2.31. The minimum Gasteiger partial charge on any atom is -0.469 e. The zero-order chi connectivity index (χ0) is 13.9. The lowest BCUT2D eigenvalue weighted by Gasteiger charge is -2.19. The van der Waals surface area contributed by atoms with Crippen LogP contribution in [0.2, 0.25) is 0 Å². The van der Waals surface area contributed by atoms with Crippen molar-refractivity contribution in [3.63, 3.8) is 0 Å². The van der Waals surface area contributed by atoms with Gasteiger partial charge in [-0.05, 0) is 25.7 Å². The maximum absolute atomic E-state index is 12.2. The SMILES string of the molecule is COC(=O)C1CCCC1S(=O)(=O)NCC1CCCO1. The van der Waals surface area contributed by atoms with Gasteiger partial charge in [0.05, 0.1) is 24.4 Å². The van der Waals surface area contributed by atoms with Crippen LogP contribution >= 0.6 is 0 Å². The number of sulfonamides is 1. The number of hydrogen-bond acceptors (Lipinski definition) is 5. The lowest BCUT2D eigenvalue weighted by atomic mass is 10.1. The summed E-state index contributed by atoms with van der Waals surface area (Å²) in [5, 5.41) is -0.665. The van der Waals surface area contributed by atoms with E-state index in [1.807, 2.05) is 0 Å². The van der Waals surface area contributed by atoms with Crippen LogP contribution in [0.3, 0.4) is 0 Å². The molecule has 1 saturated carbocycles. The van der Waals surface area contributed by atoms with Crippen molar-refractivity contribution in [2.24, 2.45) is 5.92 Å². The van der Waals surface area contributed by atoms with Gasteiger partial charge in [-0.15, -0.1) is 0 Å². The Morgan fingerprint density at radius 3 is 2.74 bits per heavy atom. The first kappa shape index (κ1) is 14.7. The fraction of sp³-hybridized carbons (Fsp3) is 0.917. The smallest absolute Gasteiger partial charge is 0.310 e. The molecule has 3 unspecified atom stereocenters. The van der Waals surface area contributed by atoms with Crippen LogP contribution in [0.1, 0.15) is 32.1 Å². The lowest BCUT2D eigenvalue weighted by molar-refractivity contribution is -0.145. The van der Waals surface area contributed by atoms with E-state index < -0.39 is 27.2 Å². The number of nitrogens with one attached hydrogen (secondary N) is 1. The summed E-state index contributed by atoms with van der Waals surface area (Å²) < 4.78 is 37.2. The molecule has 0 spiro atoms. The number of methoxy groups -OCH3 is 1. The van der Waals surface area contributed by atoms with Crippen LogP contribution in [0.5, 0.6) is 0 Å². The summed E-state index contributed by atoms with van der Waals surface area (Å²) in [6.07, 6.45) is 3.66. The van der Waals surface area contributed by atoms with E-state index in [4.69, 9.17) is 4.74 Å². The van der Waals surface area contributed by atoms with Gasteiger partial charge in [-0.1, -0.05) is 6.42 Å². The van der Waals surface area contributed by atoms with Crippen molar-refractivity contribution in [1.82, 2.24) is 4.72 Å². The molecule has 0 aromatic heterocycles. The van der Waals surface area contributed by atoms with E-state index in [0.29, 0.717) is 26.0 Å². The summed E-state index contributed by atoms with van der Waals surface area (Å²) in [6.45, 7) is 0.993. The third-order valence-electron chi connectivity index (χ3n) is 3.89. The Hall–Kier alpha value is -0.660. The van der Waals surface area contributed by atoms with Gasteiger partial charge in [0.2, 0.25) is 10.0 Å². The van der Waals surface area contributed by atoms with Crippen molar-refractivity contribution >= 4 is 16.0 Å². The van der Waals surface area contributed by atoms with Gasteiger partial charge in [-0.25, -0.2) is 13.1 Å². The predicted molar refractivity (Wildman–Crippen MR) is 69.0 cm³/mol. The number of carbonyl (C=O) groups is 1. The van der Waals surface area contributed by atoms with E-state index in [2.05, 4.69) is 9.46 Å². The fourth-order valence-electron chi connectivity index (χ4n) is 2.84. The van der Waals surface area contributed by atoms with Crippen LogP contribution in [0.15, 0.2) is 0 Å². The molecule has 1 N–H and O–H groups in total. The Morgan fingerprint density at radius 2 is 2.11 bits per heavy atom. The summed E-state index contributed by atoms with van der Waals surface area (Å²) in [4.78, 5) is 11.6. The van der Waals surface area contributed by atoms with Crippen LogP contribution < -0.4 is 4.72 Å². The molecular weight excluding hydrogens is 270 g/mol. The van der Waals surface area contributed by atoms with Gasteiger partial charge in [0.25, 0.3) is 0 Å². The molecule has 0 radical (unpaired) electrons. The highest BCUT2D eigenvalue weighted by molar-refractivity contribution is 7.90. The fourth-order valence-corrected chi connectivity index (χ4v) is 4.63. The van der Waals surface area contributed by atoms with Gasteiger partial charge in [0, 0.05) is 13.2 Å². The molecule has 2 rings (SSSR count). The van der Waals surface area contributed by atoms with Crippen LogP contribution in [0.25, 0.3) is 0 Å². The Balaban J connectivity index is 1.95. The Bertz CT molecular complexity index is 416. The normalized spacial score (nSPS) is 31.5. The van der Waals surface area contributed by atoms with Crippen molar-refractivity contribution in [3.8, 4) is 0 Å². The maximum atomic E-state index is 12.2. The van der Waals surface area contributed by atoms with Gasteiger partial charge in [0.1, 0.15) is 0 Å². The highest BCUT2D eigenvalue weighted by Gasteiger charge is 2.42. The molecule has 1 saturated heterocycles. The summed E-state index contributed by atoms with van der Waals surface area (Å²) >= 11 is 0. The molecule has 0 amide bonds. The first-order valence-electron chi connectivity index (χ1n) is 6.72. The van der Waals surface area contributed by atoms with E-state index in [1.54, 1.807) is 0 Å². The molecule has 6 nitrogen and oxygen atoms in total. The van der Waals surface area contributed by atoms with Crippen LogP contribution in [0, 0.1) is 5.92 Å². The Morgan fingerprint density at radius 1 is 1.32 bits per heavy atom. The maximum Gasteiger partial charge on any atom is 0.310 e. The number of hydrogen-bond donors (Lipinski definition) is 1. The number of ether oxygens (including phenoxy) is 2. The van der Waals surface area contributed by atoms with Crippen LogP contribution in [-0.4, -0.2) is 46.0 Å². The number of esters is 1. The standard InChI is InChI=1S/C12H21NO5S/c1-17-12(14)10-5-2-6-11(10)19(15,16)13-8-9-4-3-7-18-9/h9-11,13H,2-8H2,1H3.